The lowest BCUT2D eigenvalue weighted by atomic mass is 10.1. The fraction of sp³-hybridized carbons (Fsp3) is 0.429. The Bertz CT molecular complexity index is 650. The van der Waals surface area contributed by atoms with E-state index in [1.54, 1.807) is 6.21 Å². The zero-order valence-corrected chi connectivity index (χ0v) is 12.4. The normalized spacial score (nSPS) is 21.2. The summed E-state index contributed by atoms with van der Waals surface area (Å²) in [6.07, 6.45) is 1.97. The first-order valence-corrected chi connectivity index (χ1v) is 8.30. The van der Waals surface area contributed by atoms with Crippen LogP contribution in [0.2, 0.25) is 0 Å². The fourth-order valence-corrected chi connectivity index (χ4v) is 3.90. The van der Waals surface area contributed by atoms with Gasteiger partial charge in [0, 0.05) is 0 Å². The van der Waals surface area contributed by atoms with Gasteiger partial charge in [-0.15, -0.1) is 0 Å². The largest absolute Gasteiger partial charge is 0.273 e. The number of hydrogen-bond acceptors (Lipinski definition) is 4. The highest BCUT2D eigenvalue weighted by Gasteiger charge is 2.32. The fourth-order valence-electron chi connectivity index (χ4n) is 2.16. The second kappa shape index (κ2) is 5.75. The van der Waals surface area contributed by atoms with E-state index in [-0.39, 0.29) is 17.4 Å². The standard InChI is InChI=1S/C14H18N2O3S/c1-10-3-4-11(2)13(7-10)8-15-16-14(17)12-5-6-20(18,19)9-12/h3-4,7-8,12H,5-6,9H2,1-2H3,(H,16,17)/b15-8-/t12-/m1/s1. The van der Waals surface area contributed by atoms with Gasteiger partial charge in [0.2, 0.25) is 5.91 Å². The molecule has 0 aliphatic carbocycles. The van der Waals surface area contributed by atoms with Gasteiger partial charge in [-0.3, -0.25) is 4.79 Å². The first-order valence-electron chi connectivity index (χ1n) is 6.48. The van der Waals surface area contributed by atoms with Crippen molar-refractivity contribution in [2.24, 2.45) is 11.0 Å². The molecule has 0 radical (unpaired) electrons. The van der Waals surface area contributed by atoms with E-state index in [0.29, 0.717) is 6.42 Å². The van der Waals surface area contributed by atoms with E-state index in [2.05, 4.69) is 10.5 Å². The summed E-state index contributed by atoms with van der Waals surface area (Å²) < 4.78 is 22.6. The molecular weight excluding hydrogens is 276 g/mol. The van der Waals surface area contributed by atoms with Crippen molar-refractivity contribution < 1.29 is 13.2 Å². The molecule has 0 saturated carbocycles. The summed E-state index contributed by atoms with van der Waals surface area (Å²) in [7, 11) is -3.04. The number of carbonyl (C=O) groups is 1. The van der Waals surface area contributed by atoms with E-state index >= 15 is 0 Å². The number of hydrazone groups is 1. The highest BCUT2D eigenvalue weighted by Crippen LogP contribution is 2.18. The molecule has 1 aromatic carbocycles. The zero-order chi connectivity index (χ0) is 14.8. The zero-order valence-electron chi connectivity index (χ0n) is 11.6. The number of rotatable bonds is 3. The van der Waals surface area contributed by atoms with E-state index in [9.17, 15) is 13.2 Å². The minimum atomic E-state index is -3.04. The van der Waals surface area contributed by atoms with E-state index in [4.69, 9.17) is 0 Å². The number of sulfone groups is 1. The lowest BCUT2D eigenvalue weighted by Gasteiger charge is -2.05. The summed E-state index contributed by atoms with van der Waals surface area (Å²) in [5.41, 5.74) is 5.54. The molecule has 1 aromatic rings. The Morgan fingerprint density at radius 1 is 1.40 bits per heavy atom. The number of amides is 1. The molecule has 1 saturated heterocycles. The van der Waals surface area contributed by atoms with E-state index in [1.165, 1.54) is 0 Å². The van der Waals surface area contributed by atoms with Gasteiger partial charge in [-0.05, 0) is 31.4 Å². The molecule has 1 heterocycles. The first kappa shape index (κ1) is 14.7. The number of hydrogen-bond donors (Lipinski definition) is 1. The molecule has 0 spiro atoms. The molecule has 5 nitrogen and oxygen atoms in total. The van der Waals surface area contributed by atoms with Crippen LogP contribution in [-0.4, -0.2) is 32.0 Å². The predicted molar refractivity (Wildman–Crippen MR) is 78.4 cm³/mol. The minimum Gasteiger partial charge on any atom is -0.273 e. The van der Waals surface area contributed by atoms with Crippen LogP contribution in [0.5, 0.6) is 0 Å². The van der Waals surface area contributed by atoms with Crippen LogP contribution in [-0.2, 0) is 14.6 Å². The van der Waals surface area contributed by atoms with Gasteiger partial charge < -0.3 is 0 Å². The smallest absolute Gasteiger partial charge is 0.244 e. The first-order chi connectivity index (χ1) is 9.37. The lowest BCUT2D eigenvalue weighted by molar-refractivity contribution is -0.124. The van der Waals surface area contributed by atoms with Crippen LogP contribution < -0.4 is 5.43 Å². The molecule has 0 unspecified atom stereocenters. The summed E-state index contributed by atoms with van der Waals surface area (Å²) >= 11 is 0. The molecule has 1 fully saturated rings. The number of benzene rings is 1. The third kappa shape index (κ3) is 3.66. The molecule has 1 atom stereocenters. The van der Waals surface area contributed by atoms with Crippen LogP contribution in [0.25, 0.3) is 0 Å². The lowest BCUT2D eigenvalue weighted by Crippen LogP contribution is -2.27. The van der Waals surface area contributed by atoms with E-state index < -0.39 is 15.8 Å². The Balaban J connectivity index is 1.97. The number of nitrogens with one attached hydrogen (secondary N) is 1. The van der Waals surface area contributed by atoms with E-state index in [1.807, 2.05) is 32.0 Å². The van der Waals surface area contributed by atoms with Crippen LogP contribution in [0.3, 0.4) is 0 Å². The molecule has 1 N–H and O–H groups in total. The van der Waals surface area contributed by atoms with Crippen LogP contribution in [0.15, 0.2) is 23.3 Å². The van der Waals surface area contributed by atoms with Gasteiger partial charge in [-0.1, -0.05) is 23.8 Å². The summed E-state index contributed by atoms with van der Waals surface area (Å²) in [4.78, 5) is 11.8. The Hall–Kier alpha value is -1.69. The monoisotopic (exact) mass is 294 g/mol. The number of nitrogens with zero attached hydrogens (tertiary/aromatic N) is 1. The van der Waals surface area contributed by atoms with Gasteiger partial charge in [-0.25, -0.2) is 13.8 Å². The molecule has 1 amide bonds. The van der Waals surface area contributed by atoms with Crippen LogP contribution >= 0.6 is 0 Å². The van der Waals surface area contributed by atoms with Gasteiger partial charge in [0.15, 0.2) is 9.84 Å². The van der Waals surface area contributed by atoms with Crippen LogP contribution in [0.1, 0.15) is 23.1 Å². The Morgan fingerprint density at radius 3 is 2.80 bits per heavy atom. The van der Waals surface area contributed by atoms with Crippen LogP contribution in [0.4, 0.5) is 0 Å². The van der Waals surface area contributed by atoms with Crippen molar-refractivity contribution in [1.29, 1.82) is 0 Å². The second-order valence-electron chi connectivity index (χ2n) is 5.19. The van der Waals surface area contributed by atoms with Crippen molar-refractivity contribution in [3.05, 3.63) is 34.9 Å². The van der Waals surface area contributed by atoms with Crippen molar-refractivity contribution in [1.82, 2.24) is 5.43 Å². The third-order valence-corrected chi connectivity index (χ3v) is 5.18. The predicted octanol–water partition coefficient (Wildman–Crippen LogP) is 1.19. The Kier molecular flexibility index (Phi) is 4.23. The molecule has 2 rings (SSSR count). The van der Waals surface area contributed by atoms with Gasteiger partial charge >= 0.3 is 0 Å². The maximum absolute atomic E-state index is 11.8. The highest BCUT2D eigenvalue weighted by molar-refractivity contribution is 7.91. The number of carbonyl (C=O) groups excluding carboxylic acids is 1. The van der Waals surface area contributed by atoms with Gasteiger partial charge in [-0.2, -0.15) is 5.10 Å². The molecule has 6 heteroatoms. The molecule has 108 valence electrons. The quantitative estimate of drug-likeness (QED) is 0.672. The van der Waals surface area contributed by atoms with Crippen molar-refractivity contribution in [3.63, 3.8) is 0 Å². The average molecular weight is 294 g/mol. The topological polar surface area (TPSA) is 75.6 Å². The minimum absolute atomic E-state index is 0.0716. The molecule has 1 aliphatic rings. The van der Waals surface area contributed by atoms with E-state index in [0.717, 1.165) is 16.7 Å². The molecule has 0 aromatic heterocycles. The maximum Gasteiger partial charge on any atom is 0.244 e. The van der Waals surface area contributed by atoms with Crippen molar-refractivity contribution >= 4 is 22.0 Å². The van der Waals surface area contributed by atoms with Crippen molar-refractivity contribution in [2.75, 3.05) is 11.5 Å². The molecule has 1 aliphatic heterocycles. The SMILES string of the molecule is Cc1ccc(C)c(/C=N\NC(=O)[C@@H]2CCS(=O)(=O)C2)c1. The van der Waals surface area contributed by atoms with Gasteiger partial charge in [0.25, 0.3) is 0 Å². The molecule has 20 heavy (non-hydrogen) atoms. The summed E-state index contributed by atoms with van der Waals surface area (Å²) in [6, 6.07) is 5.97. The third-order valence-electron chi connectivity index (χ3n) is 3.42. The Labute approximate surface area is 119 Å². The highest BCUT2D eigenvalue weighted by atomic mass is 32.2. The second-order valence-corrected chi connectivity index (χ2v) is 7.42. The summed E-state index contributed by atoms with van der Waals surface area (Å²) in [6.45, 7) is 3.95. The van der Waals surface area contributed by atoms with Gasteiger partial charge in [0.1, 0.15) is 0 Å². The van der Waals surface area contributed by atoms with Crippen molar-refractivity contribution in [3.8, 4) is 0 Å². The van der Waals surface area contributed by atoms with Crippen LogP contribution in [0, 0.1) is 19.8 Å². The average Bonchev–Trinajstić information content (AvgIpc) is 2.74. The Morgan fingerprint density at radius 2 is 2.15 bits per heavy atom. The molecular formula is C14H18N2O3S. The maximum atomic E-state index is 11.8. The molecule has 0 bridgehead atoms. The van der Waals surface area contributed by atoms with Crippen molar-refractivity contribution in [2.45, 2.75) is 20.3 Å². The van der Waals surface area contributed by atoms with Gasteiger partial charge in [0.05, 0.1) is 23.6 Å². The summed E-state index contributed by atoms with van der Waals surface area (Å²) in [5, 5.41) is 3.92. The number of aryl methyl sites for hydroxylation is 2. The summed E-state index contributed by atoms with van der Waals surface area (Å²) in [5.74, 6) is -0.785.